The standard InChI is InChI=1S/C34H34Cl2N2O2/c35-30-19-17-25(21-31(30)36)23-38(33(39)20-18-27-13-8-12-26-11-4-7-16-29(26)27)32(22-24-9-2-1-3-10-24)34(40)37-28-14-5-6-15-28/h1-4,7-13,16-17,19,21,28,32H,5-6,14-15,18,20,22-23H2,(H,37,40). The molecule has 1 aliphatic rings. The molecule has 1 unspecified atom stereocenters. The van der Waals surface area contributed by atoms with Crippen LogP contribution in [0, 0.1) is 0 Å². The molecule has 4 nitrogen and oxygen atoms in total. The number of aryl methyl sites for hydroxylation is 1. The van der Waals surface area contributed by atoms with E-state index in [0.717, 1.165) is 53.1 Å². The van der Waals surface area contributed by atoms with E-state index in [0.29, 0.717) is 22.9 Å². The summed E-state index contributed by atoms with van der Waals surface area (Å²) >= 11 is 12.5. The lowest BCUT2D eigenvalue weighted by Crippen LogP contribution is -2.52. The van der Waals surface area contributed by atoms with Gasteiger partial charge < -0.3 is 10.2 Å². The van der Waals surface area contributed by atoms with Crippen LogP contribution in [0.3, 0.4) is 0 Å². The van der Waals surface area contributed by atoms with Gasteiger partial charge in [0.1, 0.15) is 6.04 Å². The maximum absolute atomic E-state index is 14.1. The fraction of sp³-hybridized carbons (Fsp3) is 0.294. The molecule has 4 aromatic rings. The quantitative estimate of drug-likeness (QED) is 0.211. The number of nitrogens with zero attached hydrogens (tertiary/aromatic N) is 1. The van der Waals surface area contributed by atoms with Crippen molar-refractivity contribution >= 4 is 45.8 Å². The van der Waals surface area contributed by atoms with Gasteiger partial charge in [-0.3, -0.25) is 9.59 Å². The molecule has 0 saturated heterocycles. The lowest BCUT2D eigenvalue weighted by Gasteiger charge is -2.32. The summed E-state index contributed by atoms with van der Waals surface area (Å²) in [5.41, 5.74) is 2.96. The molecule has 1 N–H and O–H groups in total. The first-order chi connectivity index (χ1) is 19.5. The number of benzene rings is 4. The maximum Gasteiger partial charge on any atom is 0.243 e. The smallest absolute Gasteiger partial charge is 0.243 e. The van der Waals surface area contributed by atoms with Gasteiger partial charge in [-0.2, -0.15) is 0 Å². The zero-order chi connectivity index (χ0) is 27.9. The third-order valence-electron chi connectivity index (χ3n) is 7.80. The van der Waals surface area contributed by atoms with Gasteiger partial charge in [-0.1, -0.05) is 115 Å². The third kappa shape index (κ3) is 7.04. The molecule has 2 amide bonds. The van der Waals surface area contributed by atoms with Crippen LogP contribution in [0.4, 0.5) is 0 Å². The summed E-state index contributed by atoms with van der Waals surface area (Å²) in [6.45, 7) is 0.265. The molecule has 0 spiro atoms. The number of halogens is 2. The molecular weight excluding hydrogens is 539 g/mol. The monoisotopic (exact) mass is 572 g/mol. The van der Waals surface area contributed by atoms with Crippen molar-refractivity contribution in [3.05, 3.63) is 118 Å². The number of fused-ring (bicyclic) bond motifs is 1. The lowest BCUT2D eigenvalue weighted by atomic mass is 9.99. The highest BCUT2D eigenvalue weighted by Crippen LogP contribution is 2.26. The van der Waals surface area contributed by atoms with E-state index in [1.807, 2.05) is 54.6 Å². The molecule has 1 saturated carbocycles. The van der Waals surface area contributed by atoms with Crippen molar-refractivity contribution in [3.63, 3.8) is 0 Å². The highest BCUT2D eigenvalue weighted by Gasteiger charge is 2.32. The molecule has 4 aromatic carbocycles. The number of hydrogen-bond acceptors (Lipinski definition) is 2. The van der Waals surface area contributed by atoms with E-state index in [4.69, 9.17) is 23.2 Å². The van der Waals surface area contributed by atoms with Crippen molar-refractivity contribution in [1.29, 1.82) is 0 Å². The first-order valence-electron chi connectivity index (χ1n) is 14.0. The van der Waals surface area contributed by atoms with Gasteiger partial charge in [-0.05, 0) is 58.9 Å². The van der Waals surface area contributed by atoms with E-state index in [1.165, 1.54) is 0 Å². The average molecular weight is 574 g/mol. The van der Waals surface area contributed by atoms with Crippen LogP contribution < -0.4 is 5.32 Å². The molecule has 1 atom stereocenters. The van der Waals surface area contributed by atoms with E-state index in [9.17, 15) is 9.59 Å². The van der Waals surface area contributed by atoms with Crippen molar-refractivity contribution in [2.24, 2.45) is 0 Å². The first-order valence-corrected chi connectivity index (χ1v) is 14.8. The van der Waals surface area contributed by atoms with E-state index in [2.05, 4.69) is 29.6 Å². The molecule has 0 bridgehead atoms. The van der Waals surface area contributed by atoms with Gasteiger partial charge in [-0.25, -0.2) is 0 Å². The van der Waals surface area contributed by atoms with Crippen molar-refractivity contribution in [1.82, 2.24) is 10.2 Å². The molecule has 40 heavy (non-hydrogen) atoms. The highest BCUT2D eigenvalue weighted by atomic mass is 35.5. The van der Waals surface area contributed by atoms with Gasteiger partial charge in [0.2, 0.25) is 11.8 Å². The van der Waals surface area contributed by atoms with Crippen LogP contribution in [0.25, 0.3) is 10.8 Å². The molecule has 0 radical (unpaired) electrons. The summed E-state index contributed by atoms with van der Waals surface area (Å²) in [6.07, 6.45) is 5.49. The van der Waals surface area contributed by atoms with Crippen molar-refractivity contribution in [2.45, 2.75) is 63.6 Å². The molecule has 0 aliphatic heterocycles. The summed E-state index contributed by atoms with van der Waals surface area (Å²) in [5, 5.41) is 6.44. The number of carbonyl (C=O) groups excluding carboxylic acids is 2. The summed E-state index contributed by atoms with van der Waals surface area (Å²) in [6, 6.07) is 29.2. The second-order valence-electron chi connectivity index (χ2n) is 10.6. The summed E-state index contributed by atoms with van der Waals surface area (Å²) in [4.78, 5) is 29.7. The minimum absolute atomic E-state index is 0.0680. The minimum Gasteiger partial charge on any atom is -0.352 e. The van der Waals surface area contributed by atoms with Gasteiger partial charge >= 0.3 is 0 Å². The van der Waals surface area contributed by atoms with Gasteiger partial charge in [0.15, 0.2) is 0 Å². The molecule has 206 valence electrons. The Balaban J connectivity index is 1.45. The summed E-state index contributed by atoms with van der Waals surface area (Å²) in [5.74, 6) is -0.171. The summed E-state index contributed by atoms with van der Waals surface area (Å²) < 4.78 is 0. The van der Waals surface area contributed by atoms with Crippen LogP contribution >= 0.6 is 23.2 Å². The SMILES string of the molecule is O=C(NC1CCCC1)C(Cc1ccccc1)N(Cc1ccc(Cl)c(Cl)c1)C(=O)CCc1cccc2ccccc12. The van der Waals surface area contributed by atoms with Crippen molar-refractivity contribution in [2.75, 3.05) is 0 Å². The second kappa shape index (κ2) is 13.3. The van der Waals surface area contributed by atoms with Crippen LogP contribution in [-0.2, 0) is 29.0 Å². The molecule has 0 aromatic heterocycles. The van der Waals surface area contributed by atoms with Crippen LogP contribution in [-0.4, -0.2) is 28.8 Å². The fourth-order valence-corrected chi connectivity index (χ4v) is 5.97. The van der Waals surface area contributed by atoms with Crippen molar-refractivity contribution in [3.8, 4) is 0 Å². The lowest BCUT2D eigenvalue weighted by molar-refractivity contribution is -0.141. The molecule has 0 heterocycles. The molecule has 5 rings (SSSR count). The van der Waals surface area contributed by atoms with Crippen LogP contribution in [0.5, 0.6) is 0 Å². The Labute approximate surface area is 246 Å². The Morgan fingerprint density at radius 2 is 1.55 bits per heavy atom. The third-order valence-corrected chi connectivity index (χ3v) is 8.54. The Bertz CT molecular complexity index is 1460. The minimum atomic E-state index is -0.655. The predicted molar refractivity (Wildman–Crippen MR) is 164 cm³/mol. The zero-order valence-corrected chi connectivity index (χ0v) is 24.0. The second-order valence-corrected chi connectivity index (χ2v) is 11.4. The Kier molecular flexibility index (Phi) is 9.41. The van der Waals surface area contributed by atoms with Gasteiger partial charge in [0.05, 0.1) is 10.0 Å². The van der Waals surface area contributed by atoms with E-state index in [-0.39, 0.29) is 30.8 Å². The number of rotatable bonds is 10. The Morgan fingerprint density at radius 1 is 0.825 bits per heavy atom. The largest absolute Gasteiger partial charge is 0.352 e. The van der Waals surface area contributed by atoms with Gasteiger partial charge in [0.25, 0.3) is 0 Å². The Hall–Kier alpha value is -3.34. The van der Waals surface area contributed by atoms with E-state index >= 15 is 0 Å². The molecular formula is C34H34Cl2N2O2. The van der Waals surface area contributed by atoms with Gasteiger partial charge in [-0.15, -0.1) is 0 Å². The van der Waals surface area contributed by atoms with Crippen LogP contribution in [0.1, 0.15) is 48.8 Å². The maximum atomic E-state index is 14.1. The van der Waals surface area contributed by atoms with Gasteiger partial charge in [0, 0.05) is 25.4 Å². The molecule has 6 heteroatoms. The number of nitrogens with one attached hydrogen (secondary N) is 1. The van der Waals surface area contributed by atoms with E-state index in [1.54, 1.807) is 17.0 Å². The topological polar surface area (TPSA) is 49.4 Å². The van der Waals surface area contributed by atoms with E-state index < -0.39 is 6.04 Å². The zero-order valence-electron chi connectivity index (χ0n) is 22.5. The molecule has 1 fully saturated rings. The first kappa shape index (κ1) is 28.2. The number of amides is 2. The fourth-order valence-electron chi connectivity index (χ4n) is 5.65. The highest BCUT2D eigenvalue weighted by molar-refractivity contribution is 6.42. The normalized spacial score (nSPS) is 14.2. The predicted octanol–water partition coefficient (Wildman–Crippen LogP) is 7.78. The van der Waals surface area contributed by atoms with Crippen LogP contribution in [0.15, 0.2) is 91.0 Å². The van der Waals surface area contributed by atoms with Crippen molar-refractivity contribution < 1.29 is 9.59 Å². The number of hydrogen-bond donors (Lipinski definition) is 1. The van der Waals surface area contributed by atoms with Crippen LogP contribution in [0.2, 0.25) is 10.0 Å². The summed E-state index contributed by atoms with van der Waals surface area (Å²) in [7, 11) is 0. The molecule has 1 aliphatic carbocycles. The Morgan fingerprint density at radius 3 is 2.33 bits per heavy atom. The average Bonchev–Trinajstić information content (AvgIpc) is 3.49. The number of carbonyl (C=O) groups is 2.